The standard InChI is InChI=1S/C27H27N3O6/c1-16(2)15-36-25(31)18-10-12-19(13-11-18)30-23(27(33)35-4)22(26(32)34-3)21(20(14-28)24(30)29)17-8-6-5-7-9-17/h5-13,16,21H,15,29H2,1-4H3. The van der Waals surface area contributed by atoms with Crippen LogP contribution in [0.25, 0.3) is 0 Å². The van der Waals surface area contributed by atoms with Gasteiger partial charge in [-0.3, -0.25) is 4.90 Å². The van der Waals surface area contributed by atoms with Crippen molar-refractivity contribution in [2.45, 2.75) is 19.8 Å². The van der Waals surface area contributed by atoms with E-state index in [1.165, 1.54) is 43.4 Å². The highest BCUT2D eigenvalue weighted by molar-refractivity contribution is 6.06. The molecule has 0 aromatic heterocycles. The van der Waals surface area contributed by atoms with Crippen molar-refractivity contribution in [3.63, 3.8) is 0 Å². The molecule has 186 valence electrons. The van der Waals surface area contributed by atoms with E-state index in [2.05, 4.69) is 6.07 Å². The molecule has 0 spiro atoms. The van der Waals surface area contributed by atoms with E-state index in [-0.39, 0.29) is 35.2 Å². The zero-order chi connectivity index (χ0) is 26.4. The minimum atomic E-state index is -0.959. The van der Waals surface area contributed by atoms with Crippen LogP contribution in [0.15, 0.2) is 77.3 Å². The number of esters is 3. The van der Waals surface area contributed by atoms with Crippen LogP contribution in [0.5, 0.6) is 0 Å². The van der Waals surface area contributed by atoms with Crippen LogP contribution in [0.2, 0.25) is 0 Å². The van der Waals surface area contributed by atoms with Gasteiger partial charge in [0.25, 0.3) is 0 Å². The van der Waals surface area contributed by atoms with Gasteiger partial charge in [-0.2, -0.15) is 5.26 Å². The topological polar surface area (TPSA) is 132 Å². The number of nitrogens with two attached hydrogens (primary N) is 1. The first-order valence-electron chi connectivity index (χ1n) is 11.2. The Hall–Kier alpha value is -4.58. The lowest BCUT2D eigenvalue weighted by atomic mass is 9.81. The zero-order valence-electron chi connectivity index (χ0n) is 20.5. The number of carbonyl (C=O) groups excluding carboxylic acids is 3. The zero-order valence-corrected chi connectivity index (χ0v) is 20.5. The van der Waals surface area contributed by atoms with Gasteiger partial charge in [-0.25, -0.2) is 14.4 Å². The summed E-state index contributed by atoms with van der Waals surface area (Å²) in [5.41, 5.74) is 7.41. The van der Waals surface area contributed by atoms with Gasteiger partial charge in [-0.15, -0.1) is 0 Å². The second-order valence-electron chi connectivity index (χ2n) is 8.37. The van der Waals surface area contributed by atoms with Gasteiger partial charge < -0.3 is 19.9 Å². The molecule has 0 saturated heterocycles. The molecule has 1 atom stereocenters. The van der Waals surface area contributed by atoms with Crippen molar-refractivity contribution in [2.75, 3.05) is 25.7 Å². The number of rotatable bonds is 7. The minimum Gasteiger partial charge on any atom is -0.466 e. The Balaban J connectivity index is 2.21. The summed E-state index contributed by atoms with van der Waals surface area (Å²) < 4.78 is 15.3. The molecule has 1 aliphatic rings. The molecule has 0 bridgehead atoms. The Morgan fingerprint density at radius 1 is 0.972 bits per heavy atom. The van der Waals surface area contributed by atoms with Crippen molar-refractivity contribution in [1.82, 2.24) is 0 Å². The summed E-state index contributed by atoms with van der Waals surface area (Å²) in [7, 11) is 2.36. The van der Waals surface area contributed by atoms with Crippen LogP contribution in [-0.2, 0) is 23.8 Å². The molecule has 2 aromatic carbocycles. The molecular formula is C27H27N3O6. The second kappa shape index (κ2) is 11.2. The Morgan fingerprint density at radius 3 is 2.11 bits per heavy atom. The van der Waals surface area contributed by atoms with Crippen molar-refractivity contribution >= 4 is 23.6 Å². The average molecular weight is 490 g/mol. The van der Waals surface area contributed by atoms with Crippen LogP contribution in [-0.4, -0.2) is 38.7 Å². The minimum absolute atomic E-state index is 0.0506. The van der Waals surface area contributed by atoms with E-state index in [0.717, 1.165) is 0 Å². The van der Waals surface area contributed by atoms with E-state index in [9.17, 15) is 19.6 Å². The molecule has 1 aliphatic heterocycles. The van der Waals surface area contributed by atoms with Gasteiger partial charge in [0.2, 0.25) is 0 Å². The Kier molecular flexibility index (Phi) is 8.12. The van der Waals surface area contributed by atoms with Gasteiger partial charge in [0.1, 0.15) is 11.5 Å². The van der Waals surface area contributed by atoms with Gasteiger partial charge in [-0.05, 0) is 35.7 Å². The number of benzene rings is 2. The number of anilines is 1. The summed E-state index contributed by atoms with van der Waals surface area (Å²) in [4.78, 5) is 39.7. The molecule has 0 radical (unpaired) electrons. The summed E-state index contributed by atoms with van der Waals surface area (Å²) in [5.74, 6) is -3.01. The summed E-state index contributed by atoms with van der Waals surface area (Å²) in [6, 6.07) is 16.9. The van der Waals surface area contributed by atoms with Gasteiger partial charge in [0.05, 0.1) is 49.5 Å². The van der Waals surface area contributed by atoms with Crippen molar-refractivity contribution in [2.24, 2.45) is 11.7 Å². The van der Waals surface area contributed by atoms with Gasteiger partial charge in [0, 0.05) is 5.69 Å². The molecule has 0 saturated carbocycles. The Morgan fingerprint density at radius 2 is 1.58 bits per heavy atom. The number of nitriles is 1. The molecule has 3 rings (SSSR count). The highest BCUT2D eigenvalue weighted by Crippen LogP contribution is 2.43. The second-order valence-corrected chi connectivity index (χ2v) is 8.37. The average Bonchev–Trinajstić information content (AvgIpc) is 2.90. The summed E-state index contributed by atoms with van der Waals surface area (Å²) in [5, 5.41) is 10.1. The Labute approximate surface area is 209 Å². The SMILES string of the molecule is COC(=O)C1=C(C(=O)OC)N(c2ccc(C(=O)OCC(C)C)cc2)C(N)=C(C#N)C1c1ccccc1. The lowest BCUT2D eigenvalue weighted by molar-refractivity contribution is -0.139. The van der Waals surface area contributed by atoms with E-state index >= 15 is 0 Å². The number of methoxy groups -OCH3 is 2. The lowest BCUT2D eigenvalue weighted by Gasteiger charge is -2.35. The van der Waals surface area contributed by atoms with Gasteiger partial charge >= 0.3 is 17.9 Å². The van der Waals surface area contributed by atoms with Crippen molar-refractivity contribution in [3.8, 4) is 6.07 Å². The monoisotopic (exact) mass is 489 g/mol. The molecule has 0 amide bonds. The molecule has 36 heavy (non-hydrogen) atoms. The van der Waals surface area contributed by atoms with Crippen LogP contribution in [0.4, 0.5) is 5.69 Å². The van der Waals surface area contributed by atoms with Crippen LogP contribution in [0.1, 0.15) is 35.7 Å². The number of hydrogen-bond acceptors (Lipinski definition) is 9. The number of nitrogens with zero attached hydrogens (tertiary/aromatic N) is 2. The van der Waals surface area contributed by atoms with Crippen molar-refractivity contribution in [1.29, 1.82) is 5.26 Å². The predicted molar refractivity (Wildman–Crippen MR) is 131 cm³/mol. The number of hydrogen-bond donors (Lipinski definition) is 1. The molecule has 2 aromatic rings. The molecule has 2 N–H and O–H groups in total. The van der Waals surface area contributed by atoms with E-state index < -0.39 is 23.8 Å². The number of allylic oxidation sites excluding steroid dienone is 1. The van der Waals surface area contributed by atoms with E-state index in [1.807, 2.05) is 13.8 Å². The fourth-order valence-corrected chi connectivity index (χ4v) is 3.85. The first-order valence-corrected chi connectivity index (χ1v) is 11.2. The van der Waals surface area contributed by atoms with E-state index in [0.29, 0.717) is 16.8 Å². The third-order valence-corrected chi connectivity index (χ3v) is 5.52. The molecule has 0 aliphatic carbocycles. The van der Waals surface area contributed by atoms with E-state index in [4.69, 9.17) is 19.9 Å². The summed E-state index contributed by atoms with van der Waals surface area (Å²) in [6.45, 7) is 4.13. The summed E-state index contributed by atoms with van der Waals surface area (Å²) >= 11 is 0. The van der Waals surface area contributed by atoms with Crippen LogP contribution in [0.3, 0.4) is 0 Å². The molecule has 1 heterocycles. The highest BCUT2D eigenvalue weighted by atomic mass is 16.5. The normalized spacial score (nSPS) is 15.4. The van der Waals surface area contributed by atoms with Crippen LogP contribution >= 0.6 is 0 Å². The Bertz CT molecular complexity index is 1260. The maximum atomic E-state index is 13.1. The fraction of sp³-hybridized carbons (Fsp3) is 0.259. The van der Waals surface area contributed by atoms with Gasteiger partial charge in [0.15, 0.2) is 0 Å². The van der Waals surface area contributed by atoms with Crippen molar-refractivity contribution < 1.29 is 28.6 Å². The quantitative estimate of drug-likeness (QED) is 0.459. The third kappa shape index (κ3) is 5.08. The number of ether oxygens (including phenoxy) is 3. The van der Waals surface area contributed by atoms with Crippen LogP contribution in [0, 0.1) is 17.2 Å². The number of carbonyl (C=O) groups is 3. The van der Waals surface area contributed by atoms with Crippen LogP contribution < -0.4 is 10.6 Å². The maximum absolute atomic E-state index is 13.1. The molecule has 1 unspecified atom stereocenters. The molecular weight excluding hydrogens is 462 g/mol. The van der Waals surface area contributed by atoms with Crippen molar-refractivity contribution in [3.05, 3.63) is 88.4 Å². The smallest absolute Gasteiger partial charge is 0.355 e. The largest absolute Gasteiger partial charge is 0.466 e. The highest BCUT2D eigenvalue weighted by Gasteiger charge is 2.42. The first-order chi connectivity index (χ1) is 17.2. The fourth-order valence-electron chi connectivity index (χ4n) is 3.85. The molecule has 9 heteroatoms. The van der Waals surface area contributed by atoms with Gasteiger partial charge in [-0.1, -0.05) is 44.2 Å². The first kappa shape index (κ1) is 26.0. The summed E-state index contributed by atoms with van der Waals surface area (Å²) in [6.07, 6.45) is 0. The lowest BCUT2D eigenvalue weighted by Crippen LogP contribution is -2.40. The predicted octanol–water partition coefficient (Wildman–Crippen LogP) is 3.40. The third-order valence-electron chi connectivity index (χ3n) is 5.52. The molecule has 9 nitrogen and oxygen atoms in total. The molecule has 0 fully saturated rings. The van der Waals surface area contributed by atoms with E-state index in [1.54, 1.807) is 30.3 Å². The maximum Gasteiger partial charge on any atom is 0.355 e.